The molecule has 0 radical (unpaired) electrons. The number of hydrogen-bond acceptors (Lipinski definition) is 2. The number of nitrogens with two attached hydrogens (primary N) is 1. The number of hydrogen-bond donors (Lipinski definition) is 2. The number of nitrogens with one attached hydrogen (secondary N) is 1. The fourth-order valence-corrected chi connectivity index (χ4v) is 2.53. The van der Waals surface area contributed by atoms with Crippen molar-refractivity contribution in [1.82, 2.24) is 9.97 Å². The van der Waals surface area contributed by atoms with Gasteiger partial charge in [0, 0.05) is 27.5 Å². The minimum absolute atomic E-state index is 0.643. The number of benzene rings is 1. The number of nitrogens with zero attached hydrogens (tertiary/aromatic N) is 1. The third-order valence-electron chi connectivity index (χ3n) is 3.32. The second-order valence-corrected chi connectivity index (χ2v) is 4.34. The van der Waals surface area contributed by atoms with Crippen LogP contribution in [0.15, 0.2) is 24.3 Å². The Morgan fingerprint density at radius 2 is 2.06 bits per heavy atom. The van der Waals surface area contributed by atoms with Crippen molar-refractivity contribution in [3.05, 3.63) is 35.5 Å². The molecule has 0 bridgehead atoms. The minimum Gasteiger partial charge on any atom is -0.383 e. The number of aromatic amines is 1. The van der Waals surface area contributed by atoms with Crippen LogP contribution in [0.4, 0.5) is 5.82 Å². The van der Waals surface area contributed by atoms with Crippen LogP contribution in [0.25, 0.3) is 21.8 Å². The predicted octanol–water partition coefficient (Wildman–Crippen LogP) is 3.17. The summed E-state index contributed by atoms with van der Waals surface area (Å²) in [6.07, 6.45) is 0.891. The van der Waals surface area contributed by atoms with Gasteiger partial charge < -0.3 is 10.7 Å². The van der Waals surface area contributed by atoms with Crippen molar-refractivity contribution in [2.45, 2.75) is 20.3 Å². The van der Waals surface area contributed by atoms with Crippen LogP contribution in [0.5, 0.6) is 0 Å². The molecule has 17 heavy (non-hydrogen) atoms. The third-order valence-corrected chi connectivity index (χ3v) is 3.32. The summed E-state index contributed by atoms with van der Waals surface area (Å²) in [4.78, 5) is 7.91. The second kappa shape index (κ2) is 3.48. The molecule has 0 amide bonds. The van der Waals surface area contributed by atoms with Crippen molar-refractivity contribution in [3.63, 3.8) is 0 Å². The molecule has 86 valence electrons. The van der Waals surface area contributed by atoms with Crippen LogP contribution in [0.3, 0.4) is 0 Å². The van der Waals surface area contributed by atoms with Crippen molar-refractivity contribution >= 4 is 27.6 Å². The number of pyridine rings is 1. The van der Waals surface area contributed by atoms with Crippen molar-refractivity contribution < 1.29 is 0 Å². The lowest BCUT2D eigenvalue weighted by Crippen LogP contribution is -1.99. The summed E-state index contributed by atoms with van der Waals surface area (Å²) >= 11 is 0. The third kappa shape index (κ3) is 1.32. The molecule has 3 aromatic rings. The molecule has 0 unspecified atom stereocenters. The van der Waals surface area contributed by atoms with E-state index in [4.69, 9.17) is 5.73 Å². The summed E-state index contributed by atoms with van der Waals surface area (Å²) in [5.41, 5.74) is 10.4. The maximum atomic E-state index is 5.99. The SMILES string of the molecule is CCc1c(N)nc(C)c2c1[nH]c1ccccc12. The van der Waals surface area contributed by atoms with Crippen LogP contribution in [-0.4, -0.2) is 9.97 Å². The van der Waals surface area contributed by atoms with E-state index in [1.54, 1.807) is 0 Å². The molecular formula is C14H15N3. The van der Waals surface area contributed by atoms with E-state index in [-0.39, 0.29) is 0 Å². The monoisotopic (exact) mass is 225 g/mol. The lowest BCUT2D eigenvalue weighted by atomic mass is 10.1. The van der Waals surface area contributed by atoms with Gasteiger partial charge >= 0.3 is 0 Å². The van der Waals surface area contributed by atoms with Gasteiger partial charge in [0.05, 0.1) is 5.52 Å². The molecule has 3 rings (SSSR count). The Bertz CT molecular complexity index is 710. The molecule has 2 aromatic heterocycles. The highest BCUT2D eigenvalue weighted by molar-refractivity contribution is 6.10. The summed E-state index contributed by atoms with van der Waals surface area (Å²) in [5.74, 6) is 0.643. The van der Waals surface area contributed by atoms with E-state index < -0.39 is 0 Å². The van der Waals surface area contributed by atoms with Crippen molar-refractivity contribution in [3.8, 4) is 0 Å². The van der Waals surface area contributed by atoms with Gasteiger partial charge in [-0.25, -0.2) is 4.98 Å². The smallest absolute Gasteiger partial charge is 0.128 e. The Balaban J connectivity index is 2.59. The second-order valence-electron chi connectivity index (χ2n) is 4.34. The van der Waals surface area contributed by atoms with Gasteiger partial charge in [0.1, 0.15) is 5.82 Å². The molecular weight excluding hydrogens is 210 g/mol. The first kappa shape index (κ1) is 10.1. The first-order valence-electron chi connectivity index (χ1n) is 5.87. The van der Waals surface area contributed by atoms with Gasteiger partial charge in [0.15, 0.2) is 0 Å². The molecule has 1 aromatic carbocycles. The number of aryl methyl sites for hydroxylation is 2. The number of anilines is 1. The zero-order chi connectivity index (χ0) is 12.0. The molecule has 0 saturated carbocycles. The molecule has 0 aliphatic carbocycles. The van der Waals surface area contributed by atoms with E-state index in [9.17, 15) is 0 Å². The normalized spacial score (nSPS) is 11.4. The van der Waals surface area contributed by atoms with Gasteiger partial charge in [-0.3, -0.25) is 0 Å². The zero-order valence-electron chi connectivity index (χ0n) is 10.0. The average molecular weight is 225 g/mol. The minimum atomic E-state index is 0.643. The Morgan fingerprint density at radius 1 is 1.29 bits per heavy atom. The molecule has 3 N–H and O–H groups in total. The van der Waals surface area contributed by atoms with E-state index >= 15 is 0 Å². The molecule has 3 heteroatoms. The highest BCUT2D eigenvalue weighted by Crippen LogP contribution is 2.31. The molecule has 0 aliphatic heterocycles. The highest BCUT2D eigenvalue weighted by atomic mass is 14.9. The molecule has 2 heterocycles. The number of fused-ring (bicyclic) bond motifs is 3. The molecule has 0 fully saturated rings. The fraction of sp³-hybridized carbons (Fsp3) is 0.214. The molecule has 0 saturated heterocycles. The van der Waals surface area contributed by atoms with E-state index in [0.29, 0.717) is 5.82 Å². The summed E-state index contributed by atoms with van der Waals surface area (Å²) in [6, 6.07) is 8.30. The standard InChI is InChI=1S/C14H15N3/c1-3-9-13-12(8(2)16-14(9)15)10-6-4-5-7-11(10)17-13/h4-7,17H,3H2,1-2H3,(H2,15,16). The maximum Gasteiger partial charge on any atom is 0.128 e. The van der Waals surface area contributed by atoms with Crippen molar-refractivity contribution in [1.29, 1.82) is 0 Å². The number of para-hydroxylation sites is 1. The Kier molecular flexibility index (Phi) is 2.08. The first-order chi connectivity index (χ1) is 8.22. The van der Waals surface area contributed by atoms with Gasteiger partial charge in [-0.15, -0.1) is 0 Å². The quantitative estimate of drug-likeness (QED) is 0.668. The van der Waals surface area contributed by atoms with E-state index in [0.717, 1.165) is 28.7 Å². The topological polar surface area (TPSA) is 54.7 Å². The van der Waals surface area contributed by atoms with Crippen LogP contribution in [0.1, 0.15) is 18.2 Å². The van der Waals surface area contributed by atoms with Gasteiger partial charge in [-0.1, -0.05) is 25.1 Å². The lowest BCUT2D eigenvalue weighted by Gasteiger charge is -2.06. The van der Waals surface area contributed by atoms with Crippen molar-refractivity contribution in [2.24, 2.45) is 0 Å². The number of aromatic nitrogens is 2. The van der Waals surface area contributed by atoms with Crippen LogP contribution in [0.2, 0.25) is 0 Å². The Hall–Kier alpha value is -2.03. The van der Waals surface area contributed by atoms with Gasteiger partial charge in [0.2, 0.25) is 0 Å². The Labute approximate surface area is 99.7 Å². The molecule has 0 spiro atoms. The summed E-state index contributed by atoms with van der Waals surface area (Å²) in [6.45, 7) is 4.12. The number of H-pyrrole nitrogens is 1. The van der Waals surface area contributed by atoms with Crippen LogP contribution in [-0.2, 0) is 6.42 Å². The largest absolute Gasteiger partial charge is 0.383 e. The van der Waals surface area contributed by atoms with Crippen LogP contribution < -0.4 is 5.73 Å². The highest BCUT2D eigenvalue weighted by Gasteiger charge is 2.13. The molecule has 3 nitrogen and oxygen atoms in total. The maximum absolute atomic E-state index is 5.99. The first-order valence-corrected chi connectivity index (χ1v) is 5.87. The number of rotatable bonds is 1. The van der Waals surface area contributed by atoms with Gasteiger partial charge in [-0.2, -0.15) is 0 Å². The van der Waals surface area contributed by atoms with Gasteiger partial charge in [0.25, 0.3) is 0 Å². The average Bonchev–Trinajstić information content (AvgIpc) is 2.68. The van der Waals surface area contributed by atoms with E-state index in [1.165, 1.54) is 10.8 Å². The number of nitrogen functional groups attached to an aromatic ring is 1. The van der Waals surface area contributed by atoms with Crippen LogP contribution in [0, 0.1) is 6.92 Å². The summed E-state index contributed by atoms with van der Waals surface area (Å²) < 4.78 is 0. The molecule has 0 atom stereocenters. The lowest BCUT2D eigenvalue weighted by molar-refractivity contribution is 1.11. The molecule has 0 aliphatic rings. The summed E-state index contributed by atoms with van der Waals surface area (Å²) in [5, 5.41) is 2.42. The van der Waals surface area contributed by atoms with Crippen molar-refractivity contribution in [2.75, 3.05) is 5.73 Å². The zero-order valence-corrected chi connectivity index (χ0v) is 10.0. The predicted molar refractivity (Wildman–Crippen MR) is 72.1 cm³/mol. The van der Waals surface area contributed by atoms with Gasteiger partial charge in [-0.05, 0) is 19.4 Å². The van der Waals surface area contributed by atoms with Crippen LogP contribution >= 0.6 is 0 Å². The fourth-order valence-electron chi connectivity index (χ4n) is 2.53. The van der Waals surface area contributed by atoms with E-state index in [1.807, 2.05) is 13.0 Å². The van der Waals surface area contributed by atoms with E-state index in [2.05, 4.69) is 35.1 Å². The summed E-state index contributed by atoms with van der Waals surface area (Å²) in [7, 11) is 0. The Morgan fingerprint density at radius 3 is 2.82 bits per heavy atom.